The van der Waals surface area contributed by atoms with Crippen LogP contribution in [0.2, 0.25) is 0 Å². The second-order valence-corrected chi connectivity index (χ2v) is 2.96. The summed E-state index contributed by atoms with van der Waals surface area (Å²) >= 11 is 0. The van der Waals surface area contributed by atoms with Crippen LogP contribution < -0.4 is 10.3 Å². The fourth-order valence-electron chi connectivity index (χ4n) is 0. The third-order valence-corrected chi connectivity index (χ3v) is 0. The molecule has 0 aliphatic carbocycles. The maximum atomic E-state index is 8.85. The van der Waals surface area contributed by atoms with Gasteiger partial charge in [-0.2, -0.15) is 0 Å². The number of hydrogen-bond donors (Lipinski definition) is 2. The Hall–Kier alpha value is 0.363. The summed E-state index contributed by atoms with van der Waals surface area (Å²) in [5.41, 5.74) is 0. The molecule has 0 unspecified atom stereocenters. The van der Waals surface area contributed by atoms with E-state index in [1.54, 1.807) is 0 Å². The molecule has 8 nitrogen and oxygen atoms in total. The summed E-state index contributed by atoms with van der Waals surface area (Å²) < 4.78 is 53.1. The zero-order chi connectivity index (χ0) is 9.00. The van der Waals surface area contributed by atoms with Crippen molar-refractivity contribution in [1.82, 2.24) is 0 Å². The van der Waals surface area contributed by atoms with Gasteiger partial charge in [0.2, 0.25) is 0 Å². The summed E-state index contributed by atoms with van der Waals surface area (Å²) in [6, 6.07) is 0. The van der Waals surface area contributed by atoms with Gasteiger partial charge < -0.3 is 9.11 Å². The molecule has 0 atom stereocenters. The van der Waals surface area contributed by atoms with Gasteiger partial charge in [0.15, 0.2) is 20.6 Å². The molecule has 0 aromatic rings. The van der Waals surface area contributed by atoms with Crippen molar-refractivity contribution in [3.05, 3.63) is 0 Å². The van der Waals surface area contributed by atoms with Gasteiger partial charge in [-0.3, -0.25) is 0 Å². The van der Waals surface area contributed by atoms with Crippen molar-refractivity contribution in [3.63, 3.8) is 0 Å². The van der Waals surface area contributed by atoms with Gasteiger partial charge in [-0.1, -0.05) is 0 Å². The van der Waals surface area contributed by atoms with Crippen molar-refractivity contribution < 1.29 is 45.4 Å². The summed E-state index contributed by atoms with van der Waals surface area (Å²) in [6.07, 6.45) is 0. The second kappa shape index (κ2) is 5.94. The van der Waals surface area contributed by atoms with Crippen LogP contribution in [0.15, 0.2) is 0 Å². The minimum absolute atomic E-state index is 0. The van der Waals surface area contributed by atoms with Gasteiger partial charge in [0.05, 0.1) is 0 Å². The summed E-state index contributed by atoms with van der Waals surface area (Å²) in [5, 5.41) is 7.54. The molecule has 0 aliphatic heterocycles. The Morgan fingerprint density at radius 3 is 0.818 bits per heavy atom. The molecular formula is H4N2O6S2Zn. The molecular weight excluding hydrogens is 254 g/mol. The number of hydrogen-bond acceptors (Lipinski definition) is 6. The smallest absolute Gasteiger partial charge is 0.736 e. The van der Waals surface area contributed by atoms with E-state index in [4.69, 9.17) is 25.9 Å². The quantitative estimate of drug-likeness (QED) is 0.342. The Morgan fingerprint density at radius 2 is 0.818 bits per heavy atom. The molecule has 0 saturated carbocycles. The minimum Gasteiger partial charge on any atom is -0.736 e. The van der Waals surface area contributed by atoms with Gasteiger partial charge >= 0.3 is 19.5 Å². The Bertz CT molecular complexity index is 215. The monoisotopic (exact) mass is 256 g/mol. The van der Waals surface area contributed by atoms with Crippen molar-refractivity contribution in [2.45, 2.75) is 0 Å². The topological polar surface area (TPSA) is 166 Å². The average molecular weight is 258 g/mol. The van der Waals surface area contributed by atoms with E-state index >= 15 is 0 Å². The molecule has 0 aliphatic rings. The third-order valence-electron chi connectivity index (χ3n) is 0. The van der Waals surface area contributed by atoms with E-state index in [0.29, 0.717) is 0 Å². The predicted molar refractivity (Wildman–Crippen MR) is 27.8 cm³/mol. The van der Waals surface area contributed by atoms with E-state index < -0.39 is 20.6 Å². The van der Waals surface area contributed by atoms with Crippen molar-refractivity contribution in [2.75, 3.05) is 0 Å². The van der Waals surface area contributed by atoms with Crippen molar-refractivity contribution in [3.8, 4) is 0 Å². The summed E-state index contributed by atoms with van der Waals surface area (Å²) in [5.74, 6) is 0. The van der Waals surface area contributed by atoms with E-state index in [0.717, 1.165) is 0 Å². The molecule has 0 heterocycles. The largest absolute Gasteiger partial charge is 2.00 e. The molecule has 0 aromatic carbocycles. The Kier molecular flexibility index (Phi) is 9.43. The Labute approximate surface area is 76.5 Å². The van der Waals surface area contributed by atoms with Crippen LogP contribution in [0.4, 0.5) is 0 Å². The van der Waals surface area contributed by atoms with Crippen molar-refractivity contribution >= 4 is 20.6 Å². The van der Waals surface area contributed by atoms with Crippen LogP contribution in [-0.4, -0.2) is 25.9 Å². The average Bonchev–Trinajstić information content (AvgIpc) is 1.12. The summed E-state index contributed by atoms with van der Waals surface area (Å²) in [6.45, 7) is 0. The fraction of sp³-hybridized carbons (Fsp3) is 0. The molecule has 0 aromatic heterocycles. The van der Waals surface area contributed by atoms with E-state index in [1.165, 1.54) is 0 Å². The number of nitrogens with two attached hydrogens (primary N) is 2. The van der Waals surface area contributed by atoms with Crippen molar-refractivity contribution in [2.24, 2.45) is 10.3 Å². The van der Waals surface area contributed by atoms with Crippen LogP contribution in [0.25, 0.3) is 0 Å². The summed E-state index contributed by atoms with van der Waals surface area (Å²) in [7, 11) is -8.83. The summed E-state index contributed by atoms with van der Waals surface area (Å²) in [4.78, 5) is 0. The van der Waals surface area contributed by atoms with Crippen molar-refractivity contribution in [1.29, 1.82) is 0 Å². The van der Waals surface area contributed by atoms with E-state index in [2.05, 4.69) is 10.3 Å². The van der Waals surface area contributed by atoms with Crippen LogP contribution in [-0.2, 0) is 40.1 Å². The van der Waals surface area contributed by atoms with Gasteiger partial charge in [0.1, 0.15) is 0 Å². The minimum atomic E-state index is -4.42. The molecule has 0 fully saturated rings. The molecule has 0 amide bonds. The van der Waals surface area contributed by atoms with Crippen LogP contribution >= 0.6 is 0 Å². The standard InChI is InChI=1S/2H3NO3S.Zn/c2*1-5(2,3)4;/h2*(H3,1,2,3,4);/q;;+2/p-2. The third kappa shape index (κ3) is 5490. The van der Waals surface area contributed by atoms with E-state index in [-0.39, 0.29) is 19.5 Å². The Morgan fingerprint density at radius 1 is 0.818 bits per heavy atom. The molecule has 11 heavy (non-hydrogen) atoms. The van der Waals surface area contributed by atoms with Gasteiger partial charge in [-0.15, -0.1) is 0 Å². The van der Waals surface area contributed by atoms with Crippen LogP contribution in [0, 0.1) is 0 Å². The molecule has 11 heteroatoms. The Balaban J connectivity index is -0.000000107. The van der Waals surface area contributed by atoms with Gasteiger partial charge in [0, 0.05) is 0 Å². The molecule has 0 spiro atoms. The van der Waals surface area contributed by atoms with Gasteiger partial charge in [-0.05, 0) is 0 Å². The van der Waals surface area contributed by atoms with Crippen LogP contribution in [0.5, 0.6) is 0 Å². The normalized spacial score (nSPS) is 10.5. The maximum Gasteiger partial charge on any atom is 2.00 e. The zero-order valence-electron chi connectivity index (χ0n) is 5.13. The van der Waals surface area contributed by atoms with Crippen LogP contribution in [0.3, 0.4) is 0 Å². The first-order valence-corrected chi connectivity index (χ1v) is 4.41. The zero-order valence-corrected chi connectivity index (χ0v) is 9.73. The van der Waals surface area contributed by atoms with Crippen LogP contribution in [0.1, 0.15) is 0 Å². The maximum absolute atomic E-state index is 8.85. The van der Waals surface area contributed by atoms with Gasteiger partial charge in [0.25, 0.3) is 0 Å². The number of rotatable bonds is 0. The first-order valence-electron chi connectivity index (χ1n) is 1.47. The molecule has 64 valence electrons. The van der Waals surface area contributed by atoms with E-state index in [1.807, 2.05) is 0 Å². The first-order chi connectivity index (χ1) is 4.00. The SMILES string of the molecule is NS(=O)(=O)[O-].NS(=O)(=O)[O-].[Zn+2]. The fourth-order valence-corrected chi connectivity index (χ4v) is 0. The second-order valence-electron chi connectivity index (χ2n) is 0.986. The molecule has 0 radical (unpaired) electrons. The molecule has 0 saturated heterocycles. The molecule has 0 bridgehead atoms. The molecule has 4 N–H and O–H groups in total. The molecule has 0 rings (SSSR count). The van der Waals surface area contributed by atoms with Gasteiger partial charge in [-0.25, -0.2) is 27.1 Å². The first kappa shape index (κ1) is 17.4. The predicted octanol–water partition coefficient (Wildman–Crippen LogP) is -3.19. The van der Waals surface area contributed by atoms with E-state index in [9.17, 15) is 0 Å².